The molecule has 3 aromatic rings. The second kappa shape index (κ2) is 7.05. The lowest BCUT2D eigenvalue weighted by molar-refractivity contribution is 0.534. The maximum atomic E-state index is 5.93. The van der Waals surface area contributed by atoms with Crippen molar-refractivity contribution in [2.75, 3.05) is 7.05 Å². The molecule has 0 unspecified atom stereocenters. The maximum Gasteiger partial charge on any atom is 0.191 e. The average Bonchev–Trinajstić information content (AvgIpc) is 3.07. The zero-order chi connectivity index (χ0) is 17.1. The van der Waals surface area contributed by atoms with Crippen molar-refractivity contribution in [3.63, 3.8) is 0 Å². The molecule has 2 aromatic heterocycles. The molecule has 0 spiro atoms. The third-order valence-corrected chi connectivity index (χ3v) is 5.07. The van der Waals surface area contributed by atoms with E-state index < -0.39 is 0 Å². The number of furan rings is 1. The minimum absolute atomic E-state index is 0.598. The van der Waals surface area contributed by atoms with E-state index in [-0.39, 0.29) is 0 Å². The molecule has 0 radical (unpaired) electrons. The summed E-state index contributed by atoms with van der Waals surface area (Å²) in [5, 5.41) is 8.89. The molecule has 1 aromatic carbocycles. The molecular formula is C18H22N4OS. The SMILES string of the molecule is CN=C(NCc1oc2ccccc2c1C)NCc1sc(C)nc1C. The molecule has 24 heavy (non-hydrogen) atoms. The minimum atomic E-state index is 0.598. The maximum absolute atomic E-state index is 5.93. The molecule has 0 saturated carbocycles. The summed E-state index contributed by atoms with van der Waals surface area (Å²) in [7, 11) is 1.77. The molecule has 0 aliphatic rings. The Hall–Kier alpha value is -2.34. The Bertz CT molecular complexity index is 878. The van der Waals surface area contributed by atoms with E-state index in [4.69, 9.17) is 4.42 Å². The van der Waals surface area contributed by atoms with Crippen LogP contribution >= 0.6 is 11.3 Å². The first kappa shape index (κ1) is 16.5. The monoisotopic (exact) mass is 342 g/mol. The van der Waals surface area contributed by atoms with Crippen LogP contribution < -0.4 is 10.6 Å². The van der Waals surface area contributed by atoms with Crippen molar-refractivity contribution in [1.29, 1.82) is 0 Å². The van der Waals surface area contributed by atoms with Crippen LogP contribution in [-0.2, 0) is 13.1 Å². The highest BCUT2D eigenvalue weighted by Crippen LogP contribution is 2.24. The molecule has 2 heterocycles. The number of aromatic nitrogens is 1. The average molecular weight is 342 g/mol. The van der Waals surface area contributed by atoms with Gasteiger partial charge in [-0.3, -0.25) is 4.99 Å². The fraction of sp³-hybridized carbons (Fsp3) is 0.333. The van der Waals surface area contributed by atoms with Gasteiger partial charge < -0.3 is 15.1 Å². The number of aryl methyl sites for hydroxylation is 3. The Morgan fingerprint density at radius 3 is 2.58 bits per heavy atom. The van der Waals surface area contributed by atoms with E-state index in [1.165, 1.54) is 10.4 Å². The summed E-state index contributed by atoms with van der Waals surface area (Å²) in [5.41, 5.74) is 3.17. The number of fused-ring (bicyclic) bond motifs is 1. The Morgan fingerprint density at radius 1 is 1.17 bits per heavy atom. The van der Waals surface area contributed by atoms with Gasteiger partial charge in [0.05, 0.1) is 23.8 Å². The highest BCUT2D eigenvalue weighted by Gasteiger charge is 2.11. The molecule has 3 rings (SSSR count). The number of nitrogens with zero attached hydrogens (tertiary/aromatic N) is 2. The van der Waals surface area contributed by atoms with Gasteiger partial charge in [0, 0.05) is 22.9 Å². The Kier molecular flexibility index (Phi) is 4.85. The molecule has 0 amide bonds. The van der Waals surface area contributed by atoms with Crippen LogP contribution in [-0.4, -0.2) is 18.0 Å². The first-order valence-electron chi connectivity index (χ1n) is 7.93. The van der Waals surface area contributed by atoms with Crippen molar-refractivity contribution in [1.82, 2.24) is 15.6 Å². The number of rotatable bonds is 4. The smallest absolute Gasteiger partial charge is 0.191 e. The second-order valence-electron chi connectivity index (χ2n) is 5.67. The fourth-order valence-electron chi connectivity index (χ4n) is 2.68. The zero-order valence-electron chi connectivity index (χ0n) is 14.4. The van der Waals surface area contributed by atoms with Crippen LogP contribution in [0.4, 0.5) is 0 Å². The quantitative estimate of drug-likeness (QED) is 0.561. The number of guanidine groups is 1. The first-order valence-corrected chi connectivity index (χ1v) is 8.74. The van der Waals surface area contributed by atoms with Gasteiger partial charge in [-0.2, -0.15) is 0 Å². The molecule has 6 heteroatoms. The van der Waals surface area contributed by atoms with Gasteiger partial charge in [0.15, 0.2) is 5.96 Å². The van der Waals surface area contributed by atoms with Crippen molar-refractivity contribution in [2.45, 2.75) is 33.9 Å². The number of nitrogens with one attached hydrogen (secondary N) is 2. The fourth-order valence-corrected chi connectivity index (χ4v) is 3.56. The summed E-state index contributed by atoms with van der Waals surface area (Å²) in [6.07, 6.45) is 0. The number of thiazole rings is 1. The van der Waals surface area contributed by atoms with Gasteiger partial charge in [0.25, 0.3) is 0 Å². The van der Waals surface area contributed by atoms with Crippen LogP contribution in [0.5, 0.6) is 0 Å². The molecule has 0 saturated heterocycles. The van der Waals surface area contributed by atoms with Gasteiger partial charge in [0.1, 0.15) is 11.3 Å². The molecule has 5 nitrogen and oxygen atoms in total. The summed E-state index contributed by atoms with van der Waals surface area (Å²) < 4.78 is 5.93. The van der Waals surface area contributed by atoms with E-state index in [9.17, 15) is 0 Å². The summed E-state index contributed by atoms with van der Waals surface area (Å²) in [4.78, 5) is 9.95. The second-order valence-corrected chi connectivity index (χ2v) is 6.95. The molecule has 2 N–H and O–H groups in total. The minimum Gasteiger partial charge on any atom is -0.459 e. The van der Waals surface area contributed by atoms with Crippen molar-refractivity contribution in [3.05, 3.63) is 51.2 Å². The summed E-state index contributed by atoms with van der Waals surface area (Å²) >= 11 is 1.71. The first-order chi connectivity index (χ1) is 11.6. The van der Waals surface area contributed by atoms with Gasteiger partial charge in [-0.25, -0.2) is 4.98 Å². The van der Waals surface area contributed by atoms with Gasteiger partial charge in [-0.05, 0) is 26.8 Å². The van der Waals surface area contributed by atoms with Crippen molar-refractivity contribution in [3.8, 4) is 0 Å². The lowest BCUT2D eigenvalue weighted by atomic mass is 10.1. The molecule has 0 aliphatic heterocycles. The number of para-hydroxylation sites is 1. The summed E-state index contributed by atoms with van der Waals surface area (Å²) in [6, 6.07) is 8.09. The van der Waals surface area contributed by atoms with Crippen LogP contribution in [0, 0.1) is 20.8 Å². The normalized spacial score (nSPS) is 11.9. The van der Waals surface area contributed by atoms with Crippen LogP contribution in [0.3, 0.4) is 0 Å². The molecule has 126 valence electrons. The zero-order valence-corrected chi connectivity index (χ0v) is 15.3. The topological polar surface area (TPSA) is 62.5 Å². The van der Waals surface area contributed by atoms with Crippen LogP contribution in [0.15, 0.2) is 33.7 Å². The predicted octanol–water partition coefficient (Wildman–Crippen LogP) is 3.68. The number of aliphatic imine (C=N–C) groups is 1. The molecule has 0 bridgehead atoms. The molecule has 0 aliphatic carbocycles. The van der Waals surface area contributed by atoms with Crippen molar-refractivity contribution < 1.29 is 4.42 Å². The van der Waals surface area contributed by atoms with Gasteiger partial charge in [0.2, 0.25) is 0 Å². The van der Waals surface area contributed by atoms with Crippen molar-refractivity contribution in [2.24, 2.45) is 4.99 Å². The highest BCUT2D eigenvalue weighted by molar-refractivity contribution is 7.11. The summed E-state index contributed by atoms with van der Waals surface area (Å²) in [6.45, 7) is 7.46. The van der Waals surface area contributed by atoms with Gasteiger partial charge in [-0.1, -0.05) is 18.2 Å². The van der Waals surface area contributed by atoms with Crippen LogP contribution in [0.1, 0.15) is 26.9 Å². The van der Waals surface area contributed by atoms with E-state index in [0.29, 0.717) is 6.54 Å². The van der Waals surface area contributed by atoms with E-state index in [2.05, 4.69) is 33.6 Å². The lowest BCUT2D eigenvalue weighted by Gasteiger charge is -2.10. The van der Waals surface area contributed by atoms with Crippen LogP contribution in [0.25, 0.3) is 11.0 Å². The number of benzene rings is 1. The third-order valence-electron chi connectivity index (χ3n) is 4.00. The Morgan fingerprint density at radius 2 is 1.92 bits per heavy atom. The highest BCUT2D eigenvalue weighted by atomic mass is 32.1. The number of hydrogen-bond acceptors (Lipinski definition) is 4. The number of hydrogen-bond donors (Lipinski definition) is 2. The van der Waals surface area contributed by atoms with E-state index in [1.807, 2.05) is 32.0 Å². The van der Waals surface area contributed by atoms with E-state index in [0.717, 1.165) is 39.9 Å². The van der Waals surface area contributed by atoms with Gasteiger partial charge >= 0.3 is 0 Å². The van der Waals surface area contributed by atoms with E-state index >= 15 is 0 Å². The summed E-state index contributed by atoms with van der Waals surface area (Å²) in [5.74, 6) is 1.68. The Balaban J connectivity index is 1.63. The predicted molar refractivity (Wildman–Crippen MR) is 99.6 cm³/mol. The third kappa shape index (κ3) is 3.43. The van der Waals surface area contributed by atoms with E-state index in [1.54, 1.807) is 18.4 Å². The molecule has 0 fully saturated rings. The Labute approximate surface area is 145 Å². The molecule has 0 atom stereocenters. The van der Waals surface area contributed by atoms with Gasteiger partial charge in [-0.15, -0.1) is 11.3 Å². The van der Waals surface area contributed by atoms with Crippen LogP contribution in [0.2, 0.25) is 0 Å². The standard InChI is InChI=1S/C18H22N4OS/c1-11-14-7-5-6-8-15(14)23-16(11)9-20-18(19-4)21-10-17-12(2)22-13(3)24-17/h5-8H,9-10H2,1-4H3,(H2,19,20,21). The largest absolute Gasteiger partial charge is 0.459 e. The van der Waals surface area contributed by atoms with Crippen molar-refractivity contribution >= 4 is 28.3 Å². The molecular weight excluding hydrogens is 320 g/mol. The lowest BCUT2D eigenvalue weighted by Crippen LogP contribution is -2.36.